The fourth-order valence-corrected chi connectivity index (χ4v) is 3.69. The van der Waals surface area contributed by atoms with Crippen LogP contribution in [0.1, 0.15) is 62.9 Å². The molecule has 0 saturated carbocycles. The molecule has 2 unspecified atom stereocenters. The topological polar surface area (TPSA) is 77.4 Å². The predicted octanol–water partition coefficient (Wildman–Crippen LogP) is 3.73. The Hall–Kier alpha value is -2.89. The highest BCUT2D eigenvalue weighted by Gasteiger charge is 2.24. The van der Waals surface area contributed by atoms with Gasteiger partial charge in [-0.05, 0) is 64.9 Å². The zero-order valence-corrected chi connectivity index (χ0v) is 17.6. The van der Waals surface area contributed by atoms with E-state index in [-0.39, 0.29) is 36.0 Å². The summed E-state index contributed by atoms with van der Waals surface area (Å²) in [5.41, 5.74) is 1.86. The minimum absolute atomic E-state index is 0.0417. The Balaban J connectivity index is 1.96. The normalized spacial score (nSPS) is 19.1. The minimum atomic E-state index is -0.564. The van der Waals surface area contributed by atoms with E-state index >= 15 is 0 Å². The lowest BCUT2D eigenvalue weighted by Crippen LogP contribution is -2.35. The molecule has 0 aliphatic carbocycles. The molecule has 6 heteroatoms. The van der Waals surface area contributed by atoms with Crippen molar-refractivity contribution in [2.45, 2.75) is 65.1 Å². The molecular formula is C23H28N2O4. The Bertz CT molecular complexity index is 994. The van der Waals surface area contributed by atoms with Crippen LogP contribution in [0.3, 0.4) is 0 Å². The highest BCUT2D eigenvalue weighted by Crippen LogP contribution is 2.31. The maximum atomic E-state index is 12.3. The Labute approximate surface area is 170 Å². The second kappa shape index (κ2) is 7.85. The number of hydrogen-bond donors (Lipinski definition) is 1. The molecule has 2 heterocycles. The van der Waals surface area contributed by atoms with Crippen molar-refractivity contribution in [2.24, 2.45) is 0 Å². The molecule has 2 aromatic rings. The Morgan fingerprint density at radius 1 is 1.21 bits per heavy atom. The molecule has 0 radical (unpaired) electrons. The molecule has 6 nitrogen and oxygen atoms in total. The number of carbonyl (C=O) groups excluding carboxylic acids is 3. The Morgan fingerprint density at radius 3 is 2.55 bits per heavy atom. The highest BCUT2D eigenvalue weighted by molar-refractivity contribution is 6.07. The third-order valence-electron chi connectivity index (χ3n) is 5.04. The van der Waals surface area contributed by atoms with E-state index in [4.69, 9.17) is 4.74 Å². The molecule has 3 rings (SSSR count). The summed E-state index contributed by atoms with van der Waals surface area (Å²) in [5.74, 6) is -0.214. The molecule has 29 heavy (non-hydrogen) atoms. The number of nitrogens with zero attached hydrogens (tertiary/aromatic N) is 1. The fourth-order valence-electron chi connectivity index (χ4n) is 3.69. The number of hydrogen-bond acceptors (Lipinski definition) is 5. The number of nitrogens with one attached hydrogen (secondary N) is 1. The first-order chi connectivity index (χ1) is 13.5. The number of esters is 1. The molecule has 0 bridgehead atoms. The minimum Gasteiger partial charge on any atom is -0.459 e. The van der Waals surface area contributed by atoms with Gasteiger partial charge in [-0.3, -0.25) is 14.4 Å². The van der Waals surface area contributed by atoms with Crippen LogP contribution in [0, 0.1) is 0 Å². The third kappa shape index (κ3) is 4.75. The van der Waals surface area contributed by atoms with Gasteiger partial charge in [-0.25, -0.2) is 0 Å². The molecule has 1 aromatic carbocycles. The Kier molecular flexibility index (Phi) is 5.64. The fraction of sp³-hybridized carbons (Fsp3) is 0.435. The van der Waals surface area contributed by atoms with Gasteiger partial charge in [-0.15, -0.1) is 0 Å². The molecule has 0 saturated heterocycles. The van der Waals surface area contributed by atoms with Crippen LogP contribution in [0.2, 0.25) is 0 Å². The van der Waals surface area contributed by atoms with E-state index in [1.807, 2.05) is 51.2 Å². The third-order valence-corrected chi connectivity index (χ3v) is 5.04. The predicted molar refractivity (Wildman–Crippen MR) is 112 cm³/mol. The van der Waals surface area contributed by atoms with Gasteiger partial charge in [0.05, 0.1) is 6.04 Å². The summed E-state index contributed by atoms with van der Waals surface area (Å²) in [6.07, 6.45) is 6.25. The van der Waals surface area contributed by atoms with Gasteiger partial charge in [-0.1, -0.05) is 12.1 Å². The molecule has 2 atom stereocenters. The van der Waals surface area contributed by atoms with Crippen LogP contribution < -0.4 is 5.32 Å². The maximum absolute atomic E-state index is 12.3. The standard InChI is InChI=1S/C23H28N2O4/c1-14(26)19-12-25(13-22(28)29-23(3,4)5)21-7-6-16(10-18(19)21)17-8-9-24-20(11-17)15(2)27/h6-10,12,17,20,24H,11,13H2,1-5H3. The highest BCUT2D eigenvalue weighted by atomic mass is 16.6. The van der Waals surface area contributed by atoms with Gasteiger partial charge in [-0.2, -0.15) is 0 Å². The van der Waals surface area contributed by atoms with Crippen LogP contribution in [0.4, 0.5) is 0 Å². The van der Waals surface area contributed by atoms with Gasteiger partial charge in [0.25, 0.3) is 0 Å². The monoisotopic (exact) mass is 396 g/mol. The van der Waals surface area contributed by atoms with E-state index in [0.29, 0.717) is 12.0 Å². The Morgan fingerprint density at radius 2 is 1.93 bits per heavy atom. The van der Waals surface area contributed by atoms with Crippen molar-refractivity contribution in [3.63, 3.8) is 0 Å². The lowest BCUT2D eigenvalue weighted by atomic mass is 9.88. The molecule has 0 amide bonds. The van der Waals surface area contributed by atoms with Crippen molar-refractivity contribution in [3.05, 3.63) is 47.8 Å². The molecule has 1 aliphatic heterocycles. The van der Waals surface area contributed by atoms with Crippen molar-refractivity contribution in [3.8, 4) is 0 Å². The second-order valence-electron chi connectivity index (χ2n) is 8.62. The molecule has 1 aliphatic rings. The average molecular weight is 396 g/mol. The number of Topliss-reactive ketones (excluding diaryl/α,β-unsaturated/α-hetero) is 2. The molecule has 0 spiro atoms. The van der Waals surface area contributed by atoms with Crippen LogP contribution in [0.25, 0.3) is 10.9 Å². The molecule has 0 fully saturated rings. The van der Waals surface area contributed by atoms with E-state index in [9.17, 15) is 14.4 Å². The summed E-state index contributed by atoms with van der Waals surface area (Å²) < 4.78 is 7.19. The van der Waals surface area contributed by atoms with Crippen molar-refractivity contribution < 1.29 is 19.1 Å². The first-order valence-electron chi connectivity index (χ1n) is 9.84. The van der Waals surface area contributed by atoms with Gasteiger partial charge in [0.15, 0.2) is 11.6 Å². The van der Waals surface area contributed by atoms with Crippen molar-refractivity contribution >= 4 is 28.4 Å². The van der Waals surface area contributed by atoms with Gasteiger partial charge in [0, 0.05) is 28.6 Å². The van der Waals surface area contributed by atoms with Crippen LogP contribution in [0.5, 0.6) is 0 Å². The van der Waals surface area contributed by atoms with Gasteiger partial charge in [0.1, 0.15) is 12.1 Å². The number of ether oxygens (including phenoxy) is 1. The van der Waals surface area contributed by atoms with Crippen molar-refractivity contribution in [1.29, 1.82) is 0 Å². The summed E-state index contributed by atoms with van der Waals surface area (Å²) in [5, 5.41) is 3.90. The zero-order valence-electron chi connectivity index (χ0n) is 17.6. The zero-order chi connectivity index (χ0) is 21.3. The van der Waals surface area contributed by atoms with E-state index in [1.165, 1.54) is 6.92 Å². The lowest BCUT2D eigenvalue weighted by molar-refractivity contribution is -0.155. The quantitative estimate of drug-likeness (QED) is 0.615. The summed E-state index contributed by atoms with van der Waals surface area (Å²) in [7, 11) is 0. The van der Waals surface area contributed by atoms with Crippen molar-refractivity contribution in [1.82, 2.24) is 9.88 Å². The average Bonchev–Trinajstić information content (AvgIpc) is 2.98. The van der Waals surface area contributed by atoms with E-state index in [1.54, 1.807) is 17.7 Å². The maximum Gasteiger partial charge on any atom is 0.326 e. The summed E-state index contributed by atoms with van der Waals surface area (Å²) >= 11 is 0. The molecular weight excluding hydrogens is 368 g/mol. The number of aromatic nitrogens is 1. The van der Waals surface area contributed by atoms with Crippen LogP contribution in [-0.2, 0) is 20.9 Å². The summed E-state index contributed by atoms with van der Waals surface area (Å²) in [4.78, 5) is 36.3. The number of carbonyl (C=O) groups is 3. The van der Waals surface area contributed by atoms with E-state index in [2.05, 4.69) is 5.32 Å². The number of ketones is 2. The van der Waals surface area contributed by atoms with Crippen LogP contribution in [-0.4, -0.2) is 33.7 Å². The van der Waals surface area contributed by atoms with Crippen LogP contribution >= 0.6 is 0 Å². The van der Waals surface area contributed by atoms with Gasteiger partial charge >= 0.3 is 5.97 Å². The first kappa shape index (κ1) is 20.8. The lowest BCUT2D eigenvalue weighted by Gasteiger charge is -2.25. The van der Waals surface area contributed by atoms with Crippen molar-refractivity contribution in [2.75, 3.05) is 0 Å². The first-order valence-corrected chi connectivity index (χ1v) is 9.84. The van der Waals surface area contributed by atoms with Crippen LogP contribution in [0.15, 0.2) is 36.7 Å². The summed E-state index contributed by atoms with van der Waals surface area (Å²) in [6.45, 7) is 8.63. The smallest absolute Gasteiger partial charge is 0.326 e. The van der Waals surface area contributed by atoms with E-state index in [0.717, 1.165) is 16.5 Å². The number of fused-ring (bicyclic) bond motifs is 1. The number of benzene rings is 1. The SMILES string of the molecule is CC(=O)c1cn(CC(=O)OC(C)(C)C)c2ccc(C3C=CNC(C(C)=O)C3)cc12. The summed E-state index contributed by atoms with van der Waals surface area (Å²) in [6, 6.07) is 5.72. The number of rotatable bonds is 5. The molecule has 154 valence electrons. The second-order valence-corrected chi connectivity index (χ2v) is 8.62. The van der Waals surface area contributed by atoms with Gasteiger partial charge in [0.2, 0.25) is 0 Å². The molecule has 1 N–H and O–H groups in total. The van der Waals surface area contributed by atoms with E-state index < -0.39 is 5.60 Å². The number of allylic oxidation sites excluding steroid dienone is 1. The molecule has 1 aromatic heterocycles. The largest absolute Gasteiger partial charge is 0.459 e. The van der Waals surface area contributed by atoms with Gasteiger partial charge < -0.3 is 14.6 Å².